The van der Waals surface area contributed by atoms with Gasteiger partial charge >= 0.3 is 0 Å². The molecule has 98 valence electrons. The molecule has 1 aromatic rings. The normalized spacial score (nSPS) is 10.9. The molecule has 0 heterocycles. The molecule has 1 N–H and O–H groups in total. The van der Waals surface area contributed by atoms with Gasteiger partial charge < -0.3 is 0 Å². The molecule has 0 aliphatic rings. The molecule has 0 saturated carbocycles. The second kappa shape index (κ2) is 6.57. The van der Waals surface area contributed by atoms with E-state index in [1.54, 1.807) is 6.07 Å². The molecule has 7 heteroatoms. The van der Waals surface area contributed by atoms with Crippen LogP contribution in [0, 0.1) is 17.1 Å². The van der Waals surface area contributed by atoms with Gasteiger partial charge in [0, 0.05) is 5.88 Å². The number of benzene rings is 1. The fraction of sp³-hybridized carbons (Fsp3) is 0.364. The van der Waals surface area contributed by atoms with Gasteiger partial charge in [-0.3, -0.25) is 4.72 Å². The lowest BCUT2D eigenvalue weighted by Crippen LogP contribution is -2.17. The van der Waals surface area contributed by atoms with Crippen molar-refractivity contribution >= 4 is 27.3 Å². The van der Waals surface area contributed by atoms with E-state index in [2.05, 4.69) is 4.72 Å². The van der Waals surface area contributed by atoms with Gasteiger partial charge in [-0.15, -0.1) is 11.6 Å². The van der Waals surface area contributed by atoms with Crippen LogP contribution in [-0.4, -0.2) is 20.1 Å². The standard InChI is InChI=1S/C11H12ClFN2O2S/c12-5-1-2-6-18(16,17)15-11-4-3-10(13)7-9(11)8-14/h3-4,7,15H,1-2,5-6H2. The number of hydrogen-bond donors (Lipinski definition) is 1. The molecule has 0 bridgehead atoms. The first kappa shape index (κ1) is 14.7. The Kier molecular flexibility index (Phi) is 5.38. The van der Waals surface area contributed by atoms with E-state index in [1.807, 2.05) is 0 Å². The summed E-state index contributed by atoms with van der Waals surface area (Å²) in [5.41, 5.74) is 0.0423. The van der Waals surface area contributed by atoms with Crippen molar-refractivity contribution in [2.45, 2.75) is 12.8 Å². The Hall–Kier alpha value is -1.32. The summed E-state index contributed by atoms with van der Waals surface area (Å²) in [5.74, 6) is -0.270. The predicted molar refractivity (Wildman–Crippen MR) is 68.5 cm³/mol. The van der Waals surface area contributed by atoms with Crippen LogP contribution < -0.4 is 4.72 Å². The van der Waals surface area contributed by atoms with Gasteiger partial charge in [0.1, 0.15) is 11.9 Å². The molecule has 0 unspecified atom stereocenters. The molecule has 0 aliphatic carbocycles. The fourth-order valence-electron chi connectivity index (χ4n) is 1.30. The topological polar surface area (TPSA) is 70.0 Å². The van der Waals surface area contributed by atoms with Crippen molar-refractivity contribution in [2.24, 2.45) is 0 Å². The molecule has 1 aromatic carbocycles. The average molecular weight is 291 g/mol. The lowest BCUT2D eigenvalue weighted by atomic mass is 10.2. The molecule has 4 nitrogen and oxygen atoms in total. The molecule has 0 amide bonds. The quantitative estimate of drug-likeness (QED) is 0.646. The lowest BCUT2D eigenvalue weighted by molar-refractivity contribution is 0.597. The van der Waals surface area contributed by atoms with E-state index >= 15 is 0 Å². The van der Waals surface area contributed by atoms with Crippen molar-refractivity contribution in [2.75, 3.05) is 16.4 Å². The molecule has 1 rings (SSSR count). The average Bonchev–Trinajstić information content (AvgIpc) is 2.31. The van der Waals surface area contributed by atoms with Crippen molar-refractivity contribution in [3.8, 4) is 6.07 Å². The number of halogens is 2. The first-order chi connectivity index (χ1) is 8.48. The Labute approximate surface area is 110 Å². The maximum Gasteiger partial charge on any atom is 0.232 e. The van der Waals surface area contributed by atoms with Crippen molar-refractivity contribution in [1.82, 2.24) is 0 Å². The van der Waals surface area contributed by atoms with Crippen LogP contribution in [-0.2, 0) is 10.0 Å². The summed E-state index contributed by atoms with van der Waals surface area (Å²) in [6.45, 7) is 0. The van der Waals surface area contributed by atoms with Crippen LogP contribution >= 0.6 is 11.6 Å². The van der Waals surface area contributed by atoms with Crippen LogP contribution in [0.5, 0.6) is 0 Å². The van der Waals surface area contributed by atoms with Crippen LogP contribution in [0.3, 0.4) is 0 Å². The minimum Gasteiger partial charge on any atom is -0.282 e. The smallest absolute Gasteiger partial charge is 0.232 e. The van der Waals surface area contributed by atoms with Gasteiger partial charge in [-0.25, -0.2) is 12.8 Å². The van der Waals surface area contributed by atoms with Crippen molar-refractivity contribution in [3.63, 3.8) is 0 Å². The Bertz CT molecular complexity index is 555. The Balaban J connectivity index is 2.81. The van der Waals surface area contributed by atoms with E-state index in [0.717, 1.165) is 12.1 Å². The zero-order valence-corrected chi connectivity index (χ0v) is 11.1. The summed E-state index contributed by atoms with van der Waals surface area (Å²) in [4.78, 5) is 0. The number of sulfonamides is 1. The van der Waals surface area contributed by atoms with Crippen LogP contribution in [0.25, 0.3) is 0 Å². The monoisotopic (exact) mass is 290 g/mol. The number of anilines is 1. The van der Waals surface area contributed by atoms with Crippen LogP contribution in [0.15, 0.2) is 18.2 Å². The number of hydrogen-bond acceptors (Lipinski definition) is 3. The number of unbranched alkanes of at least 4 members (excludes halogenated alkanes) is 1. The number of nitrogens with one attached hydrogen (secondary N) is 1. The summed E-state index contributed by atoms with van der Waals surface area (Å²) >= 11 is 5.46. The minimum atomic E-state index is -3.53. The number of nitrogens with zero attached hydrogens (tertiary/aromatic N) is 1. The molecule has 0 fully saturated rings. The summed E-state index contributed by atoms with van der Waals surface area (Å²) in [6.07, 6.45) is 1.03. The summed E-state index contributed by atoms with van der Waals surface area (Å²) in [7, 11) is -3.53. The highest BCUT2D eigenvalue weighted by atomic mass is 35.5. The van der Waals surface area contributed by atoms with Gasteiger partial charge in [0.05, 0.1) is 17.0 Å². The second-order valence-corrected chi connectivity index (χ2v) is 5.84. The molecule has 0 aliphatic heterocycles. The number of alkyl halides is 1. The first-order valence-corrected chi connectivity index (χ1v) is 7.43. The fourth-order valence-corrected chi connectivity index (χ4v) is 2.69. The summed E-state index contributed by atoms with van der Waals surface area (Å²) < 4.78 is 38.5. The summed E-state index contributed by atoms with van der Waals surface area (Å²) in [6, 6.07) is 5.04. The van der Waals surface area contributed by atoms with E-state index in [4.69, 9.17) is 16.9 Å². The molecule has 0 saturated heterocycles. The Morgan fingerprint density at radius 1 is 1.39 bits per heavy atom. The van der Waals surface area contributed by atoms with Gasteiger partial charge in [0.25, 0.3) is 0 Å². The Morgan fingerprint density at radius 3 is 2.72 bits per heavy atom. The van der Waals surface area contributed by atoms with Crippen molar-refractivity contribution in [3.05, 3.63) is 29.6 Å². The highest BCUT2D eigenvalue weighted by Crippen LogP contribution is 2.17. The van der Waals surface area contributed by atoms with Crippen molar-refractivity contribution < 1.29 is 12.8 Å². The van der Waals surface area contributed by atoms with Gasteiger partial charge in [0.15, 0.2) is 0 Å². The third-order valence-corrected chi connectivity index (χ3v) is 3.79. The van der Waals surface area contributed by atoms with Gasteiger partial charge in [-0.05, 0) is 31.0 Å². The highest BCUT2D eigenvalue weighted by Gasteiger charge is 2.13. The van der Waals surface area contributed by atoms with Gasteiger partial charge in [0.2, 0.25) is 10.0 Å². The van der Waals surface area contributed by atoms with Crippen molar-refractivity contribution in [1.29, 1.82) is 5.26 Å². The van der Waals surface area contributed by atoms with E-state index in [9.17, 15) is 12.8 Å². The van der Waals surface area contributed by atoms with E-state index in [-0.39, 0.29) is 17.0 Å². The van der Waals surface area contributed by atoms with Gasteiger partial charge in [-0.1, -0.05) is 0 Å². The second-order valence-electron chi connectivity index (χ2n) is 3.62. The third kappa shape index (κ3) is 4.51. The van der Waals surface area contributed by atoms with E-state index in [0.29, 0.717) is 18.7 Å². The SMILES string of the molecule is N#Cc1cc(F)ccc1NS(=O)(=O)CCCCCl. The van der Waals surface area contributed by atoms with Crippen LogP contribution in [0.1, 0.15) is 18.4 Å². The molecule has 0 atom stereocenters. The Morgan fingerprint density at radius 2 is 2.11 bits per heavy atom. The highest BCUT2D eigenvalue weighted by molar-refractivity contribution is 7.92. The lowest BCUT2D eigenvalue weighted by Gasteiger charge is -2.09. The number of rotatable bonds is 6. The first-order valence-electron chi connectivity index (χ1n) is 5.24. The van der Waals surface area contributed by atoms with E-state index < -0.39 is 15.8 Å². The molecular weight excluding hydrogens is 279 g/mol. The van der Waals surface area contributed by atoms with Gasteiger partial charge in [-0.2, -0.15) is 5.26 Å². The zero-order chi connectivity index (χ0) is 13.6. The third-order valence-electron chi connectivity index (χ3n) is 2.16. The minimum absolute atomic E-state index is 0.0454. The molecule has 18 heavy (non-hydrogen) atoms. The predicted octanol–water partition coefficient (Wildman–Crippen LogP) is 2.46. The number of nitriles is 1. The zero-order valence-electron chi connectivity index (χ0n) is 9.49. The maximum atomic E-state index is 12.9. The molecule has 0 spiro atoms. The summed E-state index contributed by atoms with van der Waals surface area (Å²) in [5, 5.41) is 8.78. The molecule has 0 aromatic heterocycles. The maximum absolute atomic E-state index is 12.9. The van der Waals surface area contributed by atoms with Crippen LogP contribution in [0.4, 0.5) is 10.1 Å². The molecular formula is C11H12ClFN2O2S. The largest absolute Gasteiger partial charge is 0.282 e. The molecule has 0 radical (unpaired) electrons. The van der Waals surface area contributed by atoms with E-state index in [1.165, 1.54) is 6.07 Å². The van der Waals surface area contributed by atoms with Crippen LogP contribution in [0.2, 0.25) is 0 Å².